The number of carbonyl (C=O) groups is 1. The van der Waals surface area contributed by atoms with Gasteiger partial charge in [0.15, 0.2) is 0 Å². The van der Waals surface area contributed by atoms with Crippen LogP contribution in [-0.4, -0.2) is 33.0 Å². The molecule has 3 aromatic rings. The summed E-state index contributed by atoms with van der Waals surface area (Å²) in [5.74, 6) is 0.837. The molecule has 6 nitrogen and oxygen atoms in total. The average molecular weight is 302 g/mol. The van der Waals surface area contributed by atoms with Crippen LogP contribution in [0.15, 0.2) is 22.6 Å². The van der Waals surface area contributed by atoms with Gasteiger partial charge in [0.25, 0.3) is 5.91 Å². The van der Waals surface area contributed by atoms with Crippen LogP contribution in [0, 0.1) is 13.8 Å². The zero-order chi connectivity index (χ0) is 15.0. The Kier molecular flexibility index (Phi) is 3.42. The van der Waals surface area contributed by atoms with Gasteiger partial charge in [0.2, 0.25) is 11.8 Å². The molecule has 2 aromatic heterocycles. The van der Waals surface area contributed by atoms with E-state index < -0.39 is 0 Å². The minimum atomic E-state index is -0.0844. The quantitative estimate of drug-likeness (QED) is 0.743. The van der Waals surface area contributed by atoms with Crippen LogP contribution in [0.5, 0.6) is 0 Å². The summed E-state index contributed by atoms with van der Waals surface area (Å²) in [6, 6.07) is 5.54. The maximum atomic E-state index is 12.4. The topological polar surface area (TPSA) is 72.1 Å². The van der Waals surface area contributed by atoms with Gasteiger partial charge in [-0.3, -0.25) is 4.79 Å². The predicted molar refractivity (Wildman–Crippen MR) is 79.2 cm³/mol. The second kappa shape index (κ2) is 5.25. The van der Waals surface area contributed by atoms with E-state index in [2.05, 4.69) is 15.2 Å². The Labute approximate surface area is 125 Å². The fraction of sp³-hybridized carbons (Fsp3) is 0.286. The molecule has 0 aliphatic heterocycles. The first-order valence-electron chi connectivity index (χ1n) is 6.44. The minimum absolute atomic E-state index is 0.0844. The smallest absolute Gasteiger partial charge is 0.254 e. The van der Waals surface area contributed by atoms with Gasteiger partial charge in [-0.05, 0) is 25.1 Å². The van der Waals surface area contributed by atoms with Crippen LogP contribution in [-0.2, 0) is 6.54 Å². The molecule has 1 amide bonds. The number of hydrogen-bond donors (Lipinski definition) is 0. The molecular formula is C14H14N4O2S. The summed E-state index contributed by atoms with van der Waals surface area (Å²) in [5, 5.41) is 8.64. The number of aryl methyl sites for hydroxylation is 2. The van der Waals surface area contributed by atoms with Crippen LogP contribution < -0.4 is 0 Å². The Morgan fingerprint density at radius 2 is 2.14 bits per heavy atom. The highest BCUT2D eigenvalue weighted by Crippen LogP contribution is 2.23. The molecule has 2 heterocycles. The van der Waals surface area contributed by atoms with E-state index in [1.807, 2.05) is 19.1 Å². The van der Waals surface area contributed by atoms with Crippen molar-refractivity contribution < 1.29 is 9.21 Å². The van der Waals surface area contributed by atoms with Crippen molar-refractivity contribution in [2.45, 2.75) is 20.4 Å². The highest BCUT2D eigenvalue weighted by atomic mass is 32.1. The fourth-order valence-electron chi connectivity index (χ4n) is 2.07. The van der Waals surface area contributed by atoms with Crippen LogP contribution in [0.1, 0.15) is 27.1 Å². The summed E-state index contributed by atoms with van der Waals surface area (Å²) in [4.78, 5) is 18.4. The predicted octanol–water partition coefficient (Wildman–Crippen LogP) is 2.57. The third-order valence-corrected chi connectivity index (χ3v) is 3.96. The van der Waals surface area contributed by atoms with Crippen LogP contribution >= 0.6 is 11.3 Å². The molecule has 7 heteroatoms. The molecule has 3 rings (SSSR count). The number of benzene rings is 1. The van der Waals surface area contributed by atoms with Crippen molar-refractivity contribution in [1.82, 2.24) is 20.1 Å². The lowest BCUT2D eigenvalue weighted by atomic mass is 10.2. The monoisotopic (exact) mass is 302 g/mol. The van der Waals surface area contributed by atoms with E-state index in [9.17, 15) is 4.79 Å². The molecule has 0 spiro atoms. The molecule has 0 aliphatic rings. The Balaban J connectivity index is 1.81. The third kappa shape index (κ3) is 2.78. The van der Waals surface area contributed by atoms with Gasteiger partial charge in [-0.1, -0.05) is 0 Å². The molecule has 1 aromatic carbocycles. The fourth-order valence-corrected chi connectivity index (χ4v) is 2.94. The molecular weight excluding hydrogens is 288 g/mol. The molecule has 0 fully saturated rings. The van der Waals surface area contributed by atoms with E-state index in [-0.39, 0.29) is 5.91 Å². The Bertz CT molecular complexity index is 808. The SMILES string of the molecule is Cc1nnc(CN(C)C(=O)c2ccc3nc(C)sc3c2)o1. The van der Waals surface area contributed by atoms with Crippen molar-refractivity contribution in [1.29, 1.82) is 0 Å². The molecule has 0 atom stereocenters. The summed E-state index contributed by atoms with van der Waals surface area (Å²) in [7, 11) is 1.71. The third-order valence-electron chi connectivity index (χ3n) is 3.03. The van der Waals surface area contributed by atoms with Gasteiger partial charge in [0.1, 0.15) is 0 Å². The van der Waals surface area contributed by atoms with E-state index in [0.29, 0.717) is 23.9 Å². The average Bonchev–Trinajstić information content (AvgIpc) is 3.01. The van der Waals surface area contributed by atoms with Gasteiger partial charge in [-0.2, -0.15) is 0 Å². The van der Waals surface area contributed by atoms with E-state index in [1.165, 1.54) is 0 Å². The Hall–Kier alpha value is -2.28. The molecule has 108 valence electrons. The van der Waals surface area contributed by atoms with Gasteiger partial charge in [0, 0.05) is 19.5 Å². The van der Waals surface area contributed by atoms with E-state index >= 15 is 0 Å². The summed E-state index contributed by atoms with van der Waals surface area (Å²) in [6.07, 6.45) is 0. The number of amides is 1. The molecule has 0 saturated heterocycles. The lowest BCUT2D eigenvalue weighted by Gasteiger charge is -2.14. The lowest BCUT2D eigenvalue weighted by Crippen LogP contribution is -2.26. The summed E-state index contributed by atoms with van der Waals surface area (Å²) in [5.41, 5.74) is 1.55. The van der Waals surface area contributed by atoms with Crippen molar-refractivity contribution >= 4 is 27.5 Å². The first-order valence-corrected chi connectivity index (χ1v) is 7.26. The number of fused-ring (bicyclic) bond motifs is 1. The van der Waals surface area contributed by atoms with Crippen molar-refractivity contribution in [3.8, 4) is 0 Å². The van der Waals surface area contributed by atoms with Gasteiger partial charge in [-0.15, -0.1) is 21.5 Å². The van der Waals surface area contributed by atoms with Gasteiger partial charge < -0.3 is 9.32 Å². The number of rotatable bonds is 3. The van der Waals surface area contributed by atoms with Crippen molar-refractivity contribution in [2.24, 2.45) is 0 Å². The first kappa shape index (κ1) is 13.7. The number of thiazole rings is 1. The van der Waals surface area contributed by atoms with Crippen molar-refractivity contribution in [3.63, 3.8) is 0 Å². The van der Waals surface area contributed by atoms with Crippen molar-refractivity contribution in [3.05, 3.63) is 40.6 Å². The minimum Gasteiger partial charge on any atom is -0.424 e. The van der Waals surface area contributed by atoms with E-state index in [1.54, 1.807) is 36.3 Å². The maximum Gasteiger partial charge on any atom is 0.254 e. The van der Waals surface area contributed by atoms with Gasteiger partial charge in [-0.25, -0.2) is 4.98 Å². The van der Waals surface area contributed by atoms with Crippen LogP contribution in [0.2, 0.25) is 0 Å². The van der Waals surface area contributed by atoms with Gasteiger partial charge >= 0.3 is 0 Å². The molecule has 0 saturated carbocycles. The number of aromatic nitrogens is 3. The van der Waals surface area contributed by atoms with Crippen LogP contribution in [0.3, 0.4) is 0 Å². The summed E-state index contributed by atoms with van der Waals surface area (Å²) in [6.45, 7) is 3.97. The Morgan fingerprint density at radius 1 is 1.33 bits per heavy atom. The summed E-state index contributed by atoms with van der Waals surface area (Å²) < 4.78 is 6.30. The normalized spacial score (nSPS) is 11.0. The summed E-state index contributed by atoms with van der Waals surface area (Å²) >= 11 is 1.58. The maximum absolute atomic E-state index is 12.4. The van der Waals surface area contributed by atoms with Gasteiger partial charge in [0.05, 0.1) is 21.8 Å². The highest BCUT2D eigenvalue weighted by molar-refractivity contribution is 7.18. The lowest BCUT2D eigenvalue weighted by molar-refractivity contribution is 0.0772. The number of nitrogens with zero attached hydrogens (tertiary/aromatic N) is 4. The second-order valence-electron chi connectivity index (χ2n) is 4.79. The van der Waals surface area contributed by atoms with Crippen LogP contribution in [0.25, 0.3) is 10.2 Å². The molecule has 0 N–H and O–H groups in total. The molecule has 21 heavy (non-hydrogen) atoms. The molecule has 0 bridgehead atoms. The van der Waals surface area contributed by atoms with E-state index in [0.717, 1.165) is 15.2 Å². The standard InChI is InChI=1S/C14H14N4O2S/c1-8-16-17-13(20-8)7-18(3)14(19)10-4-5-11-12(6-10)21-9(2)15-11/h4-6H,7H2,1-3H3. The molecule has 0 unspecified atom stereocenters. The number of carbonyl (C=O) groups excluding carboxylic acids is 1. The molecule has 0 aliphatic carbocycles. The number of hydrogen-bond acceptors (Lipinski definition) is 6. The van der Waals surface area contributed by atoms with Crippen molar-refractivity contribution in [2.75, 3.05) is 7.05 Å². The largest absolute Gasteiger partial charge is 0.424 e. The zero-order valence-corrected chi connectivity index (χ0v) is 12.8. The molecule has 0 radical (unpaired) electrons. The van der Waals surface area contributed by atoms with E-state index in [4.69, 9.17) is 4.42 Å². The Morgan fingerprint density at radius 3 is 2.86 bits per heavy atom. The second-order valence-corrected chi connectivity index (χ2v) is 6.03. The highest BCUT2D eigenvalue weighted by Gasteiger charge is 2.16. The first-order chi connectivity index (χ1) is 10.0. The van der Waals surface area contributed by atoms with Crippen LogP contribution in [0.4, 0.5) is 0 Å². The zero-order valence-electron chi connectivity index (χ0n) is 12.0.